The number of nitrogens with zero attached hydrogens (tertiary/aromatic N) is 7. The molecule has 4 heterocycles. The van der Waals surface area contributed by atoms with E-state index in [2.05, 4.69) is 28.3 Å². The van der Waals surface area contributed by atoms with E-state index in [0.717, 1.165) is 36.5 Å². The molecule has 212 valence electrons. The predicted octanol–water partition coefficient (Wildman–Crippen LogP) is 2.78. The molecule has 11 heteroatoms. The number of piperazine rings is 1. The van der Waals surface area contributed by atoms with E-state index in [1.54, 1.807) is 23.1 Å². The third-order valence-electron chi connectivity index (χ3n) is 8.14. The highest BCUT2D eigenvalue weighted by molar-refractivity contribution is 5.87. The molecular weight excluding hydrogens is 513 g/mol. The summed E-state index contributed by atoms with van der Waals surface area (Å²) in [6.07, 6.45) is 4.12. The molecule has 2 saturated heterocycles. The molecule has 1 amide bonds. The predicted molar refractivity (Wildman–Crippen MR) is 150 cm³/mol. The average Bonchev–Trinajstić information content (AvgIpc) is 3.39. The second-order valence-electron chi connectivity index (χ2n) is 10.5. The molecule has 0 bridgehead atoms. The van der Waals surface area contributed by atoms with Gasteiger partial charge in [0.05, 0.1) is 25.0 Å². The van der Waals surface area contributed by atoms with Crippen molar-refractivity contribution in [3.63, 3.8) is 0 Å². The molecule has 3 aliphatic heterocycles. The fraction of sp³-hybridized carbons (Fsp3) is 0.517. The minimum atomic E-state index is -0.395. The Balaban J connectivity index is 1.46. The monoisotopic (exact) mass is 549 g/mol. The van der Waals surface area contributed by atoms with E-state index in [9.17, 15) is 4.79 Å². The highest BCUT2D eigenvalue weighted by Gasteiger charge is 2.35. The topological polar surface area (TPSA) is 78.6 Å². The third-order valence-corrected chi connectivity index (χ3v) is 8.14. The van der Waals surface area contributed by atoms with Gasteiger partial charge in [0.2, 0.25) is 12.5 Å². The smallest absolute Gasteiger partial charge is 0.318 e. The van der Waals surface area contributed by atoms with Crippen LogP contribution in [0.5, 0.6) is 11.8 Å². The maximum absolute atomic E-state index is 15.2. The lowest BCUT2D eigenvalue weighted by Gasteiger charge is -2.41. The summed E-state index contributed by atoms with van der Waals surface area (Å²) in [4.78, 5) is 33.9. The maximum atomic E-state index is 15.2. The van der Waals surface area contributed by atoms with E-state index >= 15 is 4.39 Å². The molecule has 40 heavy (non-hydrogen) atoms. The second-order valence-corrected chi connectivity index (χ2v) is 10.5. The molecule has 0 N–H and O–H groups in total. The summed E-state index contributed by atoms with van der Waals surface area (Å²) in [6.45, 7) is 15.3. The molecule has 2 aromatic rings. The maximum Gasteiger partial charge on any atom is 0.318 e. The van der Waals surface area contributed by atoms with Crippen LogP contribution in [0.4, 0.5) is 15.9 Å². The lowest BCUT2D eigenvalue weighted by atomic mass is 10.0. The van der Waals surface area contributed by atoms with Crippen LogP contribution >= 0.6 is 0 Å². The van der Waals surface area contributed by atoms with Gasteiger partial charge in [-0.25, -0.2) is 11.0 Å². The Morgan fingerprint density at radius 3 is 2.80 bits per heavy atom. The first kappa shape index (κ1) is 27.6. The van der Waals surface area contributed by atoms with Gasteiger partial charge >= 0.3 is 6.01 Å². The second kappa shape index (κ2) is 12.1. The number of likely N-dealkylation sites (tertiary alicyclic amines) is 1. The number of methoxy groups -OCH3 is 1. The van der Waals surface area contributed by atoms with E-state index in [4.69, 9.17) is 26.0 Å². The molecule has 0 saturated carbocycles. The van der Waals surface area contributed by atoms with Crippen LogP contribution in [0.25, 0.3) is 4.85 Å². The normalized spacial score (nSPS) is 21.1. The number of fused-ring (bicyclic) bond motifs is 1. The van der Waals surface area contributed by atoms with Crippen LogP contribution < -0.4 is 19.3 Å². The largest absolute Gasteiger partial charge is 0.494 e. The van der Waals surface area contributed by atoms with Crippen LogP contribution in [0.3, 0.4) is 0 Å². The van der Waals surface area contributed by atoms with Crippen LogP contribution in [-0.4, -0.2) is 97.8 Å². The van der Waals surface area contributed by atoms with Gasteiger partial charge in [0.15, 0.2) is 11.6 Å². The molecule has 1 unspecified atom stereocenters. The van der Waals surface area contributed by atoms with E-state index in [1.807, 2.05) is 4.90 Å². The SMILES string of the molecule is [C-]#[N+]CC1CN(c2nc(OC[C@@H]3CCCN3C)nc3c2CCN(c2cccc(OC)c2F)C3)CCN1C(=O)C=C. The van der Waals surface area contributed by atoms with Crippen LogP contribution in [-0.2, 0) is 17.8 Å². The summed E-state index contributed by atoms with van der Waals surface area (Å²) in [5.41, 5.74) is 2.25. The van der Waals surface area contributed by atoms with E-state index in [1.165, 1.54) is 13.2 Å². The minimum absolute atomic E-state index is 0.168. The highest BCUT2D eigenvalue weighted by Crippen LogP contribution is 2.35. The van der Waals surface area contributed by atoms with Crippen molar-refractivity contribution in [3.8, 4) is 11.8 Å². The zero-order valence-electron chi connectivity index (χ0n) is 23.2. The molecular formula is C29H36FN7O3. The number of rotatable bonds is 8. The van der Waals surface area contributed by atoms with Gasteiger partial charge < -0.3 is 33.9 Å². The number of aromatic nitrogens is 2. The summed E-state index contributed by atoms with van der Waals surface area (Å²) in [5.74, 6) is 0.410. The standard InChI is InChI=1S/C29H36FN7O3/c1-5-26(38)37-15-14-36(17-21(37)16-31-2)28-22-11-13-35(24-9-6-10-25(39-4)27(24)30)18-23(22)32-29(33-28)40-19-20-8-7-12-34(20)3/h5-6,9-10,20-21H,1,7-8,11-19H2,3-4H3/t20-,21?/m0/s1. The van der Waals surface area contributed by atoms with Crippen molar-refractivity contribution in [3.05, 3.63) is 59.3 Å². The molecule has 10 nitrogen and oxygen atoms in total. The van der Waals surface area contributed by atoms with Gasteiger partial charge in [0, 0.05) is 37.8 Å². The lowest BCUT2D eigenvalue weighted by Crippen LogP contribution is -2.56. The van der Waals surface area contributed by atoms with Gasteiger partial charge in [0.1, 0.15) is 18.5 Å². The number of hydrogen-bond donors (Lipinski definition) is 0. The number of likely N-dealkylation sites (N-methyl/N-ethyl adjacent to an activating group) is 1. The number of anilines is 2. The van der Waals surface area contributed by atoms with Crippen molar-refractivity contribution in [1.82, 2.24) is 19.8 Å². The molecule has 0 aliphatic carbocycles. The molecule has 0 radical (unpaired) electrons. The third kappa shape index (κ3) is 5.54. The first-order valence-electron chi connectivity index (χ1n) is 13.7. The fourth-order valence-electron chi connectivity index (χ4n) is 5.90. The summed E-state index contributed by atoms with van der Waals surface area (Å²) >= 11 is 0. The number of ether oxygens (including phenoxy) is 2. The first-order chi connectivity index (χ1) is 19.4. The Morgan fingerprint density at radius 1 is 1.23 bits per heavy atom. The van der Waals surface area contributed by atoms with Crippen molar-refractivity contribution < 1.29 is 18.7 Å². The van der Waals surface area contributed by atoms with Crippen molar-refractivity contribution >= 4 is 17.4 Å². The Labute approximate surface area is 234 Å². The Hall–Kier alpha value is -3.91. The molecule has 2 fully saturated rings. The van der Waals surface area contributed by atoms with Gasteiger partial charge in [-0.1, -0.05) is 12.6 Å². The summed E-state index contributed by atoms with van der Waals surface area (Å²) in [7, 11) is 3.56. The number of halogens is 1. The van der Waals surface area contributed by atoms with E-state index in [-0.39, 0.29) is 24.2 Å². The Morgan fingerprint density at radius 2 is 2.08 bits per heavy atom. The molecule has 3 aliphatic rings. The summed E-state index contributed by atoms with van der Waals surface area (Å²) in [6, 6.07) is 5.48. The van der Waals surface area contributed by atoms with Gasteiger partial charge in [0.25, 0.3) is 0 Å². The van der Waals surface area contributed by atoms with Crippen molar-refractivity contribution in [2.75, 3.05) is 69.8 Å². The van der Waals surface area contributed by atoms with Crippen LogP contribution in [0.15, 0.2) is 30.9 Å². The Bertz CT molecular complexity index is 1300. The van der Waals surface area contributed by atoms with Gasteiger partial charge in [-0.2, -0.15) is 9.97 Å². The van der Waals surface area contributed by atoms with Crippen molar-refractivity contribution in [2.24, 2.45) is 0 Å². The van der Waals surface area contributed by atoms with Crippen molar-refractivity contribution in [2.45, 2.75) is 37.9 Å². The number of hydrogen-bond acceptors (Lipinski definition) is 8. The van der Waals surface area contributed by atoms with Crippen molar-refractivity contribution in [1.29, 1.82) is 0 Å². The first-order valence-corrected chi connectivity index (χ1v) is 13.7. The fourth-order valence-corrected chi connectivity index (χ4v) is 5.90. The number of carbonyl (C=O) groups excluding carboxylic acids is 1. The van der Waals surface area contributed by atoms with Gasteiger partial charge in [-0.3, -0.25) is 4.79 Å². The molecule has 2 atom stereocenters. The number of benzene rings is 1. The summed E-state index contributed by atoms with van der Waals surface area (Å²) in [5, 5.41) is 0. The van der Waals surface area contributed by atoms with Crippen LogP contribution in [0, 0.1) is 12.4 Å². The highest BCUT2D eigenvalue weighted by atomic mass is 19.1. The molecule has 0 spiro atoms. The van der Waals surface area contributed by atoms with E-state index in [0.29, 0.717) is 63.5 Å². The molecule has 5 rings (SSSR count). The number of carbonyl (C=O) groups is 1. The number of amides is 1. The average molecular weight is 550 g/mol. The van der Waals surface area contributed by atoms with Crippen LogP contribution in [0.2, 0.25) is 0 Å². The Kier molecular flexibility index (Phi) is 8.35. The zero-order chi connectivity index (χ0) is 28.2. The minimum Gasteiger partial charge on any atom is -0.494 e. The van der Waals surface area contributed by atoms with Gasteiger partial charge in [-0.15, -0.1) is 0 Å². The van der Waals surface area contributed by atoms with E-state index < -0.39 is 5.82 Å². The lowest BCUT2D eigenvalue weighted by molar-refractivity contribution is -0.128. The van der Waals surface area contributed by atoms with Crippen LogP contribution in [0.1, 0.15) is 24.1 Å². The summed E-state index contributed by atoms with van der Waals surface area (Å²) < 4.78 is 26.5. The van der Waals surface area contributed by atoms with Gasteiger partial charge in [-0.05, 0) is 51.1 Å². The quantitative estimate of drug-likeness (QED) is 0.368. The molecule has 1 aromatic heterocycles. The molecule has 1 aromatic carbocycles. The zero-order valence-corrected chi connectivity index (χ0v) is 23.2.